The predicted molar refractivity (Wildman–Crippen MR) is 85.3 cm³/mol. The molecule has 0 saturated heterocycles. The minimum absolute atomic E-state index is 0.299. The summed E-state index contributed by atoms with van der Waals surface area (Å²) < 4.78 is 10.5. The summed E-state index contributed by atoms with van der Waals surface area (Å²) in [5.41, 5.74) is 2.63. The van der Waals surface area contributed by atoms with Crippen molar-refractivity contribution < 1.29 is 14.3 Å². The Balaban J connectivity index is 1.76. The van der Waals surface area contributed by atoms with Crippen molar-refractivity contribution in [2.45, 2.75) is 6.42 Å². The number of allylic oxidation sites excluding steroid dienone is 1. The van der Waals surface area contributed by atoms with Gasteiger partial charge in [0.15, 0.2) is 0 Å². The van der Waals surface area contributed by atoms with Crippen molar-refractivity contribution in [1.82, 2.24) is 0 Å². The predicted octanol–water partition coefficient (Wildman–Crippen LogP) is 3.76. The Morgan fingerprint density at radius 1 is 1.05 bits per heavy atom. The van der Waals surface area contributed by atoms with Crippen LogP contribution in [0.4, 0.5) is 0 Å². The highest BCUT2D eigenvalue weighted by Gasteiger charge is 2.20. The van der Waals surface area contributed by atoms with Gasteiger partial charge in [-0.05, 0) is 35.4 Å². The van der Waals surface area contributed by atoms with E-state index < -0.39 is 0 Å². The highest BCUT2D eigenvalue weighted by Crippen LogP contribution is 2.23. The van der Waals surface area contributed by atoms with E-state index in [0.29, 0.717) is 17.8 Å². The fourth-order valence-electron chi connectivity index (χ4n) is 2.30. The van der Waals surface area contributed by atoms with Gasteiger partial charge in [0.05, 0.1) is 12.7 Å². The summed E-state index contributed by atoms with van der Waals surface area (Å²) in [6, 6.07) is 17.5. The van der Waals surface area contributed by atoms with Gasteiger partial charge in [0.2, 0.25) is 0 Å². The minimum atomic E-state index is -0.299. The van der Waals surface area contributed by atoms with E-state index in [4.69, 9.17) is 9.47 Å². The number of cyclic esters (lactones) is 1. The average Bonchev–Trinajstić information content (AvgIpc) is 2.88. The number of carbonyl (C=O) groups excluding carboxylic acids is 1. The molecule has 0 amide bonds. The molecule has 3 heteroatoms. The summed E-state index contributed by atoms with van der Waals surface area (Å²) in [6.07, 6.45) is 4.23. The maximum Gasteiger partial charge on any atom is 0.343 e. The van der Waals surface area contributed by atoms with E-state index in [0.717, 1.165) is 16.9 Å². The van der Waals surface area contributed by atoms with Gasteiger partial charge < -0.3 is 9.47 Å². The fraction of sp³-hybridized carbons (Fsp3) is 0.105. The second-order valence-corrected chi connectivity index (χ2v) is 5.04. The van der Waals surface area contributed by atoms with Gasteiger partial charge in [0.25, 0.3) is 0 Å². The Labute approximate surface area is 129 Å². The normalized spacial score (nSPS) is 15.6. The first-order chi connectivity index (χ1) is 10.7. The molecule has 110 valence electrons. The zero-order valence-electron chi connectivity index (χ0n) is 12.3. The van der Waals surface area contributed by atoms with Crippen LogP contribution in [0.5, 0.6) is 5.75 Å². The van der Waals surface area contributed by atoms with Crippen LogP contribution in [0.25, 0.3) is 6.08 Å². The average molecular weight is 292 g/mol. The third kappa shape index (κ3) is 3.26. The number of hydrogen-bond donors (Lipinski definition) is 0. The Bertz CT molecular complexity index is 725. The number of benzene rings is 2. The van der Waals surface area contributed by atoms with Crippen LogP contribution in [0, 0.1) is 0 Å². The maximum absolute atomic E-state index is 11.9. The molecular weight excluding hydrogens is 276 g/mol. The van der Waals surface area contributed by atoms with Gasteiger partial charge in [0, 0.05) is 6.42 Å². The smallest absolute Gasteiger partial charge is 0.343 e. The zero-order valence-corrected chi connectivity index (χ0v) is 12.3. The highest BCUT2D eigenvalue weighted by atomic mass is 16.5. The number of ether oxygens (including phenoxy) is 2. The van der Waals surface area contributed by atoms with E-state index >= 15 is 0 Å². The molecule has 0 radical (unpaired) electrons. The van der Waals surface area contributed by atoms with Crippen LogP contribution in [0.15, 0.2) is 72.0 Å². The van der Waals surface area contributed by atoms with Gasteiger partial charge in [-0.15, -0.1) is 0 Å². The summed E-state index contributed by atoms with van der Waals surface area (Å²) in [5, 5.41) is 0. The summed E-state index contributed by atoms with van der Waals surface area (Å²) in [4.78, 5) is 11.9. The third-order valence-electron chi connectivity index (χ3n) is 3.44. The van der Waals surface area contributed by atoms with Gasteiger partial charge in [-0.3, -0.25) is 0 Å². The van der Waals surface area contributed by atoms with Crippen LogP contribution in [0.3, 0.4) is 0 Å². The fourth-order valence-corrected chi connectivity index (χ4v) is 2.30. The highest BCUT2D eigenvalue weighted by molar-refractivity contribution is 5.99. The second kappa shape index (κ2) is 6.31. The quantitative estimate of drug-likeness (QED) is 0.636. The largest absolute Gasteiger partial charge is 0.497 e. The number of esters is 1. The molecule has 0 atom stereocenters. The first kappa shape index (κ1) is 14.1. The van der Waals surface area contributed by atoms with E-state index in [-0.39, 0.29) is 5.97 Å². The lowest BCUT2D eigenvalue weighted by molar-refractivity contribution is -0.133. The molecule has 0 N–H and O–H groups in total. The van der Waals surface area contributed by atoms with E-state index in [1.807, 2.05) is 60.7 Å². The molecular formula is C19H16O3. The van der Waals surface area contributed by atoms with Crippen molar-refractivity contribution >= 4 is 12.0 Å². The Hall–Kier alpha value is -2.81. The second-order valence-electron chi connectivity index (χ2n) is 5.04. The van der Waals surface area contributed by atoms with Crippen molar-refractivity contribution in [3.05, 3.63) is 83.1 Å². The molecule has 0 aliphatic carbocycles. The zero-order chi connectivity index (χ0) is 15.4. The number of rotatable bonds is 4. The molecule has 0 fully saturated rings. The van der Waals surface area contributed by atoms with Crippen molar-refractivity contribution in [2.24, 2.45) is 0 Å². The molecule has 1 heterocycles. The molecule has 0 unspecified atom stereocenters. The van der Waals surface area contributed by atoms with E-state index in [9.17, 15) is 4.79 Å². The van der Waals surface area contributed by atoms with Crippen molar-refractivity contribution in [3.63, 3.8) is 0 Å². The molecule has 3 rings (SSSR count). The summed E-state index contributed by atoms with van der Waals surface area (Å²) in [5.74, 6) is 1.18. The van der Waals surface area contributed by atoms with Gasteiger partial charge in [-0.2, -0.15) is 0 Å². The molecule has 3 nitrogen and oxygen atoms in total. The van der Waals surface area contributed by atoms with Crippen LogP contribution in [0.2, 0.25) is 0 Å². The molecule has 0 saturated carbocycles. The molecule has 0 bridgehead atoms. The number of methoxy groups -OCH3 is 1. The lowest BCUT2D eigenvalue weighted by Crippen LogP contribution is -1.99. The summed E-state index contributed by atoms with van der Waals surface area (Å²) in [6.45, 7) is 0. The van der Waals surface area contributed by atoms with Crippen LogP contribution < -0.4 is 4.74 Å². The standard InChI is InChI=1S/C19H16O3/c1-21-17-9-7-15(8-10-17)12-18-13-16(19(20)22-18)11-14-5-3-2-4-6-14/h2-11,13H,12H2,1H3/b16-11+. The Kier molecular flexibility index (Phi) is 4.05. The molecule has 1 aliphatic heterocycles. The molecule has 2 aromatic carbocycles. The number of carbonyl (C=O) groups is 1. The first-order valence-corrected chi connectivity index (χ1v) is 7.07. The van der Waals surface area contributed by atoms with Crippen LogP contribution in [-0.2, 0) is 16.0 Å². The van der Waals surface area contributed by atoms with Crippen LogP contribution in [0.1, 0.15) is 11.1 Å². The summed E-state index contributed by atoms with van der Waals surface area (Å²) >= 11 is 0. The molecule has 22 heavy (non-hydrogen) atoms. The number of hydrogen-bond acceptors (Lipinski definition) is 3. The van der Waals surface area contributed by atoms with E-state index in [1.54, 1.807) is 13.2 Å². The van der Waals surface area contributed by atoms with Gasteiger partial charge in [-0.1, -0.05) is 42.5 Å². The maximum atomic E-state index is 11.9. The Morgan fingerprint density at radius 2 is 1.77 bits per heavy atom. The van der Waals surface area contributed by atoms with Gasteiger partial charge in [-0.25, -0.2) is 4.79 Å². The minimum Gasteiger partial charge on any atom is -0.497 e. The summed E-state index contributed by atoms with van der Waals surface area (Å²) in [7, 11) is 1.64. The lowest BCUT2D eigenvalue weighted by Gasteiger charge is -2.03. The van der Waals surface area contributed by atoms with Crippen molar-refractivity contribution in [2.75, 3.05) is 7.11 Å². The Morgan fingerprint density at radius 3 is 2.45 bits per heavy atom. The monoisotopic (exact) mass is 292 g/mol. The third-order valence-corrected chi connectivity index (χ3v) is 3.44. The molecule has 2 aromatic rings. The van der Waals surface area contributed by atoms with Crippen LogP contribution in [-0.4, -0.2) is 13.1 Å². The van der Waals surface area contributed by atoms with Crippen molar-refractivity contribution in [3.8, 4) is 5.75 Å². The first-order valence-electron chi connectivity index (χ1n) is 7.07. The van der Waals surface area contributed by atoms with Gasteiger partial charge in [0.1, 0.15) is 11.5 Å². The molecule has 1 aliphatic rings. The topological polar surface area (TPSA) is 35.5 Å². The lowest BCUT2D eigenvalue weighted by atomic mass is 10.1. The SMILES string of the molecule is COc1ccc(CC2=C/C(=C\c3ccccc3)C(=O)O2)cc1. The van der Waals surface area contributed by atoms with Crippen LogP contribution >= 0.6 is 0 Å². The molecule has 0 aromatic heterocycles. The van der Waals surface area contributed by atoms with E-state index in [1.165, 1.54) is 0 Å². The van der Waals surface area contributed by atoms with Gasteiger partial charge >= 0.3 is 5.97 Å². The molecule has 0 spiro atoms. The van der Waals surface area contributed by atoms with Crippen molar-refractivity contribution in [1.29, 1.82) is 0 Å². The van der Waals surface area contributed by atoms with E-state index in [2.05, 4.69) is 0 Å².